The standard InChI is InChI=1S/C25H35N5O2S/c1-28(14-20-16-33-17-26-20)25(32)24-21-15-29(23(31)10-9-18-5-3-2-4-6-18)12-11-22(21)30(27-24)13-19-7-8-19/h16-19H,2-15H2,1H3. The largest absolute Gasteiger partial charge is 0.338 e. The summed E-state index contributed by atoms with van der Waals surface area (Å²) in [6.45, 7) is 2.60. The molecule has 3 heterocycles. The van der Waals surface area contributed by atoms with E-state index in [1.54, 1.807) is 10.4 Å². The van der Waals surface area contributed by atoms with Crippen LogP contribution in [-0.2, 0) is 30.8 Å². The molecule has 33 heavy (non-hydrogen) atoms. The van der Waals surface area contributed by atoms with E-state index in [0.29, 0.717) is 37.0 Å². The molecular formula is C25H35N5O2S. The second kappa shape index (κ2) is 9.95. The Hall–Kier alpha value is -2.22. The molecule has 178 valence electrons. The number of nitrogens with zero attached hydrogens (tertiary/aromatic N) is 5. The summed E-state index contributed by atoms with van der Waals surface area (Å²) < 4.78 is 2.07. The van der Waals surface area contributed by atoms with Gasteiger partial charge in [0, 0.05) is 56.2 Å². The molecule has 2 saturated carbocycles. The third-order valence-electron chi connectivity index (χ3n) is 7.54. The van der Waals surface area contributed by atoms with Crippen LogP contribution in [0.3, 0.4) is 0 Å². The van der Waals surface area contributed by atoms with Gasteiger partial charge in [-0.2, -0.15) is 5.10 Å². The summed E-state index contributed by atoms with van der Waals surface area (Å²) >= 11 is 1.54. The minimum Gasteiger partial charge on any atom is -0.338 e. The summed E-state index contributed by atoms with van der Waals surface area (Å²) in [5.41, 5.74) is 5.32. The summed E-state index contributed by atoms with van der Waals surface area (Å²) in [6, 6.07) is 0. The van der Waals surface area contributed by atoms with Crippen molar-refractivity contribution >= 4 is 23.2 Å². The topological polar surface area (TPSA) is 71.3 Å². The molecular weight excluding hydrogens is 434 g/mol. The Morgan fingerprint density at radius 2 is 1.97 bits per heavy atom. The van der Waals surface area contributed by atoms with Crippen LogP contribution in [0.15, 0.2) is 10.9 Å². The lowest BCUT2D eigenvalue weighted by Gasteiger charge is -2.29. The first-order chi connectivity index (χ1) is 16.1. The summed E-state index contributed by atoms with van der Waals surface area (Å²) in [7, 11) is 1.81. The Morgan fingerprint density at radius 1 is 1.15 bits per heavy atom. The number of aromatic nitrogens is 3. The summed E-state index contributed by atoms with van der Waals surface area (Å²) in [6.07, 6.45) is 11.4. The molecule has 2 aliphatic carbocycles. The van der Waals surface area contributed by atoms with Crippen molar-refractivity contribution in [1.82, 2.24) is 24.6 Å². The molecule has 7 nitrogen and oxygen atoms in total. The van der Waals surface area contributed by atoms with Gasteiger partial charge < -0.3 is 9.80 Å². The number of rotatable bonds is 8. The molecule has 2 aromatic rings. The third kappa shape index (κ3) is 5.31. The highest BCUT2D eigenvalue weighted by Crippen LogP contribution is 2.33. The van der Waals surface area contributed by atoms with E-state index >= 15 is 0 Å². The fourth-order valence-electron chi connectivity index (χ4n) is 5.34. The van der Waals surface area contributed by atoms with Gasteiger partial charge in [0.15, 0.2) is 5.69 Å². The van der Waals surface area contributed by atoms with E-state index in [2.05, 4.69) is 9.67 Å². The van der Waals surface area contributed by atoms with Crippen LogP contribution >= 0.6 is 11.3 Å². The van der Waals surface area contributed by atoms with Crippen LogP contribution < -0.4 is 0 Å². The lowest BCUT2D eigenvalue weighted by Crippen LogP contribution is -2.37. The molecule has 0 aromatic carbocycles. The van der Waals surface area contributed by atoms with Crippen molar-refractivity contribution in [2.24, 2.45) is 11.8 Å². The minimum atomic E-state index is -0.0784. The minimum absolute atomic E-state index is 0.0784. The van der Waals surface area contributed by atoms with Gasteiger partial charge in [-0.15, -0.1) is 11.3 Å². The predicted octanol–water partition coefficient (Wildman–Crippen LogP) is 4.27. The average Bonchev–Trinajstić information content (AvgIpc) is 3.37. The molecule has 0 unspecified atom stereocenters. The third-order valence-corrected chi connectivity index (χ3v) is 8.17. The Bertz CT molecular complexity index is 975. The highest BCUT2D eigenvalue weighted by molar-refractivity contribution is 7.07. The predicted molar refractivity (Wildman–Crippen MR) is 128 cm³/mol. The normalized spacial score (nSPS) is 18.9. The van der Waals surface area contributed by atoms with E-state index in [1.807, 2.05) is 17.3 Å². The smallest absolute Gasteiger partial charge is 0.274 e. The van der Waals surface area contributed by atoms with Gasteiger partial charge in [0.25, 0.3) is 5.91 Å². The van der Waals surface area contributed by atoms with E-state index in [0.717, 1.165) is 42.9 Å². The quantitative estimate of drug-likeness (QED) is 0.579. The van der Waals surface area contributed by atoms with Gasteiger partial charge in [0.2, 0.25) is 5.91 Å². The number of carbonyl (C=O) groups is 2. The second-order valence-corrected chi connectivity index (χ2v) is 10.9. The molecule has 0 saturated heterocycles. The Morgan fingerprint density at radius 3 is 2.70 bits per heavy atom. The number of hydrogen-bond acceptors (Lipinski definition) is 5. The maximum absolute atomic E-state index is 13.4. The number of carbonyl (C=O) groups excluding carboxylic acids is 2. The maximum Gasteiger partial charge on any atom is 0.274 e. The molecule has 2 fully saturated rings. The van der Waals surface area contributed by atoms with Gasteiger partial charge in [0.1, 0.15) is 0 Å². The molecule has 1 aliphatic heterocycles. The van der Waals surface area contributed by atoms with Gasteiger partial charge in [-0.25, -0.2) is 4.98 Å². The SMILES string of the molecule is CN(Cc1cscn1)C(=O)c1nn(CC2CC2)c2c1CN(C(=O)CCC1CCCCC1)CC2. The summed E-state index contributed by atoms with van der Waals surface area (Å²) in [4.78, 5) is 34.4. The number of fused-ring (bicyclic) bond motifs is 1. The molecule has 0 N–H and O–H groups in total. The molecule has 8 heteroatoms. The van der Waals surface area contributed by atoms with Crippen LogP contribution in [0.2, 0.25) is 0 Å². The van der Waals surface area contributed by atoms with E-state index in [-0.39, 0.29) is 11.8 Å². The molecule has 3 aliphatic rings. The Kier molecular flexibility index (Phi) is 6.81. The van der Waals surface area contributed by atoms with Crippen molar-refractivity contribution in [3.8, 4) is 0 Å². The summed E-state index contributed by atoms with van der Waals surface area (Å²) in [5, 5.41) is 6.78. The number of thiazole rings is 1. The van der Waals surface area contributed by atoms with E-state index in [9.17, 15) is 9.59 Å². The highest BCUT2D eigenvalue weighted by Gasteiger charge is 2.33. The molecule has 0 bridgehead atoms. The van der Waals surface area contributed by atoms with Crippen molar-refractivity contribution < 1.29 is 9.59 Å². The number of hydrogen-bond donors (Lipinski definition) is 0. The first kappa shape index (κ1) is 22.6. The van der Waals surface area contributed by atoms with Crippen molar-refractivity contribution in [3.05, 3.63) is 33.5 Å². The van der Waals surface area contributed by atoms with Gasteiger partial charge in [-0.05, 0) is 31.1 Å². The zero-order valence-electron chi connectivity index (χ0n) is 19.7. The number of amides is 2. The Balaban J connectivity index is 1.30. The fourth-order valence-corrected chi connectivity index (χ4v) is 5.89. The van der Waals surface area contributed by atoms with Crippen molar-refractivity contribution in [2.75, 3.05) is 13.6 Å². The Labute approximate surface area is 200 Å². The molecule has 0 radical (unpaired) electrons. The lowest BCUT2D eigenvalue weighted by molar-refractivity contribution is -0.132. The molecule has 2 aromatic heterocycles. The molecule has 0 atom stereocenters. The van der Waals surface area contributed by atoms with E-state index in [1.165, 1.54) is 56.3 Å². The first-order valence-corrected chi connectivity index (χ1v) is 13.5. The van der Waals surface area contributed by atoms with Gasteiger partial charge >= 0.3 is 0 Å². The van der Waals surface area contributed by atoms with Gasteiger partial charge in [-0.3, -0.25) is 14.3 Å². The van der Waals surface area contributed by atoms with Crippen LogP contribution in [0, 0.1) is 11.8 Å². The molecule has 0 spiro atoms. The van der Waals surface area contributed by atoms with E-state index in [4.69, 9.17) is 5.10 Å². The fraction of sp³-hybridized carbons (Fsp3) is 0.680. The van der Waals surface area contributed by atoms with Crippen LogP contribution in [0.4, 0.5) is 0 Å². The average molecular weight is 470 g/mol. The van der Waals surface area contributed by atoms with Crippen LogP contribution in [0.1, 0.15) is 85.2 Å². The van der Waals surface area contributed by atoms with Gasteiger partial charge in [-0.1, -0.05) is 32.1 Å². The molecule has 5 rings (SSSR count). The van der Waals surface area contributed by atoms with Crippen LogP contribution in [-0.4, -0.2) is 50.0 Å². The first-order valence-electron chi connectivity index (χ1n) is 12.6. The van der Waals surface area contributed by atoms with Gasteiger partial charge in [0.05, 0.1) is 17.7 Å². The zero-order chi connectivity index (χ0) is 22.8. The van der Waals surface area contributed by atoms with Crippen LogP contribution in [0.5, 0.6) is 0 Å². The van der Waals surface area contributed by atoms with Crippen LogP contribution in [0.25, 0.3) is 0 Å². The zero-order valence-corrected chi connectivity index (χ0v) is 20.5. The van der Waals surface area contributed by atoms with Crippen molar-refractivity contribution in [2.45, 2.75) is 83.8 Å². The monoisotopic (exact) mass is 469 g/mol. The lowest BCUT2D eigenvalue weighted by atomic mass is 9.86. The highest BCUT2D eigenvalue weighted by atomic mass is 32.1. The maximum atomic E-state index is 13.4. The second-order valence-electron chi connectivity index (χ2n) is 10.1. The summed E-state index contributed by atoms with van der Waals surface area (Å²) in [5.74, 6) is 1.54. The van der Waals surface area contributed by atoms with Crippen molar-refractivity contribution in [1.29, 1.82) is 0 Å². The van der Waals surface area contributed by atoms with E-state index < -0.39 is 0 Å². The molecule has 2 amide bonds. The van der Waals surface area contributed by atoms with Crippen molar-refractivity contribution in [3.63, 3.8) is 0 Å².